The molecule has 0 spiro atoms. The van der Waals surface area contributed by atoms with Crippen LogP contribution in [0.5, 0.6) is 0 Å². The van der Waals surface area contributed by atoms with Crippen molar-refractivity contribution in [2.24, 2.45) is 0 Å². The van der Waals surface area contributed by atoms with E-state index in [1.807, 2.05) is 13.1 Å². The Morgan fingerprint density at radius 3 is 2.89 bits per heavy atom. The number of halogens is 3. The zero-order chi connectivity index (χ0) is 13.1. The second kappa shape index (κ2) is 6.19. The van der Waals surface area contributed by atoms with Crippen LogP contribution in [0.4, 0.5) is 0 Å². The summed E-state index contributed by atoms with van der Waals surface area (Å²) in [6.45, 7) is 0. The molecule has 4 nitrogen and oxygen atoms in total. The Bertz CT molecular complexity index is 518. The van der Waals surface area contributed by atoms with E-state index >= 15 is 0 Å². The molecule has 98 valence electrons. The molecule has 0 aromatic carbocycles. The highest BCUT2D eigenvalue weighted by Gasteiger charge is 2.23. The largest absolute Gasteiger partial charge is 0.285 e. The predicted molar refractivity (Wildman–Crippen MR) is 78.5 cm³/mol. The van der Waals surface area contributed by atoms with Gasteiger partial charge in [-0.25, -0.2) is 0 Å². The van der Waals surface area contributed by atoms with Crippen LogP contribution in [0, 0.1) is 0 Å². The summed E-state index contributed by atoms with van der Waals surface area (Å²) in [5.74, 6) is 0.953. The van der Waals surface area contributed by atoms with Crippen molar-refractivity contribution in [3.8, 4) is 0 Å². The van der Waals surface area contributed by atoms with Gasteiger partial charge in [0.05, 0.1) is 22.7 Å². The van der Waals surface area contributed by atoms with Crippen LogP contribution in [0.2, 0.25) is 0 Å². The number of pyridine rings is 1. The molecule has 2 rings (SSSR count). The maximum absolute atomic E-state index is 6.11. The topological polar surface area (TPSA) is 44.8 Å². The van der Waals surface area contributed by atoms with Gasteiger partial charge in [-0.3, -0.25) is 15.0 Å². The van der Waals surface area contributed by atoms with Gasteiger partial charge in [0.2, 0.25) is 0 Å². The van der Waals surface area contributed by atoms with E-state index in [0.29, 0.717) is 11.8 Å². The molecule has 0 fully saturated rings. The van der Waals surface area contributed by atoms with Crippen LogP contribution in [0.25, 0.3) is 11.0 Å². The number of hydrogen-bond acceptors (Lipinski definition) is 3. The van der Waals surface area contributed by atoms with Gasteiger partial charge in [-0.2, -0.15) is 5.10 Å². The Labute approximate surface area is 124 Å². The zero-order valence-electron chi connectivity index (χ0n) is 9.78. The first-order valence-corrected chi connectivity index (χ1v) is 7.43. The zero-order valence-corrected chi connectivity index (χ0v) is 12.9. The monoisotopic (exact) mass is 350 g/mol. The van der Waals surface area contributed by atoms with Crippen LogP contribution in [0.3, 0.4) is 0 Å². The molecular weight excluding hydrogens is 339 g/mol. The third-order valence-corrected chi connectivity index (χ3v) is 4.87. The second-order valence-electron chi connectivity index (χ2n) is 3.95. The summed E-state index contributed by atoms with van der Waals surface area (Å²) < 4.78 is 0. The standard InChI is InChI=1S/C11H13BrCl2N4/c1-18(10(12)5-14)9(4-13)7-2-3-15-8-6-16-17-11(7)8/h2-3,6,9-10H,4-5H2,1H3,(H,16,17). The van der Waals surface area contributed by atoms with Gasteiger partial charge < -0.3 is 0 Å². The summed E-state index contributed by atoms with van der Waals surface area (Å²) in [4.78, 5) is 6.41. The second-order valence-corrected chi connectivity index (χ2v) is 5.63. The summed E-state index contributed by atoms with van der Waals surface area (Å²) in [6, 6.07) is 2.00. The molecule has 2 aromatic rings. The van der Waals surface area contributed by atoms with Crippen LogP contribution in [0.15, 0.2) is 18.5 Å². The summed E-state index contributed by atoms with van der Waals surface area (Å²) in [7, 11) is 1.98. The summed E-state index contributed by atoms with van der Waals surface area (Å²) in [6.07, 6.45) is 3.47. The van der Waals surface area contributed by atoms with Crippen LogP contribution in [-0.2, 0) is 0 Å². The highest BCUT2D eigenvalue weighted by molar-refractivity contribution is 9.09. The van der Waals surface area contributed by atoms with Crippen LogP contribution < -0.4 is 0 Å². The number of hydrogen-bond donors (Lipinski definition) is 1. The Balaban J connectivity index is 2.40. The van der Waals surface area contributed by atoms with Gasteiger partial charge in [-0.15, -0.1) is 23.2 Å². The molecule has 0 aliphatic heterocycles. The van der Waals surface area contributed by atoms with E-state index in [1.54, 1.807) is 12.4 Å². The Morgan fingerprint density at radius 2 is 2.22 bits per heavy atom. The Hall–Kier alpha value is -0.360. The number of aromatic amines is 1. The van der Waals surface area contributed by atoms with Crippen molar-refractivity contribution >= 4 is 50.2 Å². The number of aromatic nitrogens is 3. The molecule has 0 radical (unpaired) electrons. The van der Waals surface area contributed by atoms with Crippen molar-refractivity contribution in [1.29, 1.82) is 0 Å². The number of rotatable bonds is 5. The van der Waals surface area contributed by atoms with Gasteiger partial charge >= 0.3 is 0 Å². The predicted octanol–water partition coefficient (Wildman–Crippen LogP) is 3.13. The third-order valence-electron chi connectivity index (χ3n) is 2.94. The van der Waals surface area contributed by atoms with E-state index in [2.05, 4.69) is 36.0 Å². The van der Waals surface area contributed by atoms with Gasteiger partial charge in [0.1, 0.15) is 5.52 Å². The van der Waals surface area contributed by atoms with Crippen molar-refractivity contribution in [2.45, 2.75) is 11.0 Å². The van der Waals surface area contributed by atoms with Gasteiger partial charge in [0, 0.05) is 18.0 Å². The van der Waals surface area contributed by atoms with Crippen molar-refractivity contribution in [1.82, 2.24) is 20.1 Å². The minimum absolute atomic E-state index is 0.0424. The first kappa shape index (κ1) is 14.1. The lowest BCUT2D eigenvalue weighted by atomic mass is 10.1. The molecule has 18 heavy (non-hydrogen) atoms. The van der Waals surface area contributed by atoms with E-state index in [0.717, 1.165) is 16.6 Å². The maximum Gasteiger partial charge on any atom is 0.108 e. The van der Waals surface area contributed by atoms with Crippen LogP contribution in [0.1, 0.15) is 11.6 Å². The third kappa shape index (κ3) is 2.64. The summed E-state index contributed by atoms with van der Waals surface area (Å²) >= 11 is 15.5. The van der Waals surface area contributed by atoms with Crippen molar-refractivity contribution in [2.75, 3.05) is 18.8 Å². The molecule has 0 aliphatic carbocycles. The molecule has 2 unspecified atom stereocenters. The van der Waals surface area contributed by atoms with Gasteiger partial charge in [-0.05, 0) is 18.7 Å². The molecule has 2 heterocycles. The molecule has 2 aromatic heterocycles. The molecule has 0 bridgehead atoms. The van der Waals surface area contributed by atoms with E-state index in [9.17, 15) is 0 Å². The normalized spacial score (nSPS) is 15.2. The lowest BCUT2D eigenvalue weighted by molar-refractivity contribution is 0.264. The highest BCUT2D eigenvalue weighted by atomic mass is 79.9. The first-order chi connectivity index (χ1) is 8.69. The minimum Gasteiger partial charge on any atom is -0.285 e. The van der Waals surface area contributed by atoms with E-state index in [-0.39, 0.29) is 11.0 Å². The van der Waals surface area contributed by atoms with E-state index < -0.39 is 0 Å². The number of H-pyrrole nitrogens is 1. The smallest absolute Gasteiger partial charge is 0.108 e. The molecule has 0 saturated heterocycles. The molecule has 0 amide bonds. The average molecular weight is 352 g/mol. The highest BCUT2D eigenvalue weighted by Crippen LogP contribution is 2.29. The van der Waals surface area contributed by atoms with Gasteiger partial charge in [0.15, 0.2) is 0 Å². The lowest BCUT2D eigenvalue weighted by Gasteiger charge is -2.30. The molecule has 2 atom stereocenters. The van der Waals surface area contributed by atoms with Gasteiger partial charge in [-0.1, -0.05) is 15.9 Å². The SMILES string of the molecule is CN(C(Br)CCl)C(CCl)c1ccnc2cn[nH]c12. The molecule has 7 heteroatoms. The summed E-state index contributed by atoms with van der Waals surface area (Å²) in [5.41, 5.74) is 2.84. The van der Waals surface area contributed by atoms with Gasteiger partial charge in [0.25, 0.3) is 0 Å². The summed E-state index contributed by atoms with van der Waals surface area (Å²) in [5, 5.41) is 6.98. The Morgan fingerprint density at radius 1 is 1.44 bits per heavy atom. The fourth-order valence-electron chi connectivity index (χ4n) is 1.86. The maximum atomic E-state index is 6.11. The molecule has 1 N–H and O–H groups in total. The number of alkyl halides is 3. The average Bonchev–Trinajstić information content (AvgIpc) is 2.87. The number of fused-ring (bicyclic) bond motifs is 1. The van der Waals surface area contributed by atoms with Crippen molar-refractivity contribution in [3.05, 3.63) is 24.0 Å². The van der Waals surface area contributed by atoms with Crippen LogP contribution >= 0.6 is 39.1 Å². The first-order valence-electron chi connectivity index (χ1n) is 5.45. The van der Waals surface area contributed by atoms with Crippen molar-refractivity contribution < 1.29 is 0 Å². The molecule has 0 aliphatic rings. The van der Waals surface area contributed by atoms with Crippen LogP contribution in [-0.4, -0.2) is 43.8 Å². The number of nitrogens with zero attached hydrogens (tertiary/aromatic N) is 3. The number of nitrogens with one attached hydrogen (secondary N) is 1. The van der Waals surface area contributed by atoms with E-state index in [4.69, 9.17) is 23.2 Å². The Kier molecular flexibility index (Phi) is 4.84. The fraction of sp³-hybridized carbons (Fsp3) is 0.455. The van der Waals surface area contributed by atoms with E-state index in [1.165, 1.54) is 0 Å². The fourth-order valence-corrected chi connectivity index (χ4v) is 2.75. The quantitative estimate of drug-likeness (QED) is 0.664. The minimum atomic E-state index is 0.0424. The lowest BCUT2D eigenvalue weighted by Crippen LogP contribution is -2.33. The van der Waals surface area contributed by atoms with Crippen molar-refractivity contribution in [3.63, 3.8) is 0 Å². The molecule has 0 saturated carbocycles. The molecular formula is C11H13BrCl2N4.